The van der Waals surface area contributed by atoms with Gasteiger partial charge in [0.1, 0.15) is 12.4 Å². The number of halogens is 1. The molecule has 0 radical (unpaired) electrons. The van der Waals surface area contributed by atoms with E-state index >= 15 is 0 Å². The second-order valence-corrected chi connectivity index (χ2v) is 3.70. The molecule has 88 valence electrons. The van der Waals surface area contributed by atoms with Gasteiger partial charge in [0.2, 0.25) is 0 Å². The highest BCUT2D eigenvalue weighted by molar-refractivity contribution is 5.49. The van der Waals surface area contributed by atoms with Gasteiger partial charge in [-0.3, -0.25) is 4.98 Å². The van der Waals surface area contributed by atoms with Gasteiger partial charge in [0, 0.05) is 11.8 Å². The third kappa shape index (κ3) is 2.53. The normalized spacial score (nSPS) is 10.2. The van der Waals surface area contributed by atoms with Crippen LogP contribution in [-0.2, 0) is 6.61 Å². The van der Waals surface area contributed by atoms with Crippen molar-refractivity contribution in [3.63, 3.8) is 0 Å². The average Bonchev–Trinajstić information content (AvgIpc) is 2.36. The molecule has 0 aliphatic heterocycles. The van der Waals surface area contributed by atoms with Gasteiger partial charge in [0.05, 0.1) is 11.4 Å². The number of aromatic nitrogens is 1. The van der Waals surface area contributed by atoms with Crippen molar-refractivity contribution in [1.29, 1.82) is 0 Å². The van der Waals surface area contributed by atoms with Crippen molar-refractivity contribution in [3.8, 4) is 5.75 Å². The lowest BCUT2D eigenvalue weighted by Gasteiger charge is -2.10. The summed E-state index contributed by atoms with van der Waals surface area (Å²) in [6, 6.07) is 8.72. The van der Waals surface area contributed by atoms with E-state index in [1.54, 1.807) is 19.2 Å². The van der Waals surface area contributed by atoms with Crippen molar-refractivity contribution in [2.75, 3.05) is 5.73 Å². The van der Waals surface area contributed by atoms with E-state index < -0.39 is 5.82 Å². The molecule has 0 spiro atoms. The van der Waals surface area contributed by atoms with Gasteiger partial charge in [-0.1, -0.05) is 6.07 Å². The molecule has 0 atom stereocenters. The van der Waals surface area contributed by atoms with E-state index in [0.717, 1.165) is 5.69 Å². The summed E-state index contributed by atoms with van der Waals surface area (Å²) in [6.45, 7) is 1.95. The zero-order valence-corrected chi connectivity index (χ0v) is 9.48. The van der Waals surface area contributed by atoms with Crippen LogP contribution in [0.25, 0.3) is 0 Å². The first kappa shape index (κ1) is 11.4. The second kappa shape index (κ2) is 4.82. The first-order valence-electron chi connectivity index (χ1n) is 5.26. The predicted molar refractivity (Wildman–Crippen MR) is 64.1 cm³/mol. The van der Waals surface area contributed by atoms with Crippen molar-refractivity contribution >= 4 is 5.69 Å². The molecular formula is C13H13FN2O. The van der Waals surface area contributed by atoms with Crippen LogP contribution in [0.5, 0.6) is 5.75 Å². The van der Waals surface area contributed by atoms with Crippen LogP contribution >= 0.6 is 0 Å². The fourth-order valence-electron chi connectivity index (χ4n) is 1.48. The van der Waals surface area contributed by atoms with Gasteiger partial charge in [-0.25, -0.2) is 4.39 Å². The minimum atomic E-state index is -0.427. The number of hydrogen-bond acceptors (Lipinski definition) is 3. The maximum atomic E-state index is 13.5. The summed E-state index contributed by atoms with van der Waals surface area (Å²) in [5.41, 5.74) is 6.80. The maximum Gasteiger partial charge on any atom is 0.152 e. The standard InChI is InChI=1S/C13H13FN2O/c1-9-12(6-5-11(15)13(9)14)17-8-10-4-2-3-7-16-10/h2-7H,8,15H2,1H3. The Morgan fingerprint density at radius 3 is 2.82 bits per heavy atom. The Bertz CT molecular complexity index is 514. The highest BCUT2D eigenvalue weighted by Crippen LogP contribution is 2.25. The fourth-order valence-corrected chi connectivity index (χ4v) is 1.48. The molecular weight excluding hydrogens is 219 g/mol. The summed E-state index contributed by atoms with van der Waals surface area (Å²) < 4.78 is 19.0. The molecule has 17 heavy (non-hydrogen) atoms. The Hall–Kier alpha value is -2.10. The Morgan fingerprint density at radius 1 is 1.29 bits per heavy atom. The molecule has 2 rings (SSSR count). The zero-order chi connectivity index (χ0) is 12.3. The van der Waals surface area contributed by atoms with Crippen molar-refractivity contribution in [1.82, 2.24) is 4.98 Å². The zero-order valence-electron chi connectivity index (χ0n) is 9.48. The maximum absolute atomic E-state index is 13.5. The number of pyridine rings is 1. The lowest BCUT2D eigenvalue weighted by atomic mass is 10.2. The van der Waals surface area contributed by atoms with Crippen LogP contribution in [0.3, 0.4) is 0 Å². The third-order valence-electron chi connectivity index (χ3n) is 2.47. The van der Waals surface area contributed by atoms with E-state index in [2.05, 4.69) is 4.98 Å². The molecule has 0 saturated heterocycles. The van der Waals surface area contributed by atoms with Crippen molar-refractivity contribution in [2.24, 2.45) is 0 Å². The molecule has 2 aromatic rings. The Kier molecular flexibility index (Phi) is 3.23. The molecule has 0 bridgehead atoms. The molecule has 1 aromatic heterocycles. The molecule has 0 aliphatic carbocycles. The van der Waals surface area contributed by atoms with Crippen LogP contribution in [0.15, 0.2) is 36.5 Å². The summed E-state index contributed by atoms with van der Waals surface area (Å²) in [5, 5.41) is 0. The van der Waals surface area contributed by atoms with E-state index in [1.165, 1.54) is 6.07 Å². The summed E-state index contributed by atoms with van der Waals surface area (Å²) >= 11 is 0. The molecule has 0 unspecified atom stereocenters. The Morgan fingerprint density at radius 2 is 2.12 bits per heavy atom. The van der Waals surface area contributed by atoms with Gasteiger partial charge in [-0.2, -0.15) is 0 Å². The van der Waals surface area contributed by atoms with Crippen LogP contribution in [0.1, 0.15) is 11.3 Å². The SMILES string of the molecule is Cc1c(OCc2ccccn2)ccc(N)c1F. The smallest absolute Gasteiger partial charge is 0.152 e. The summed E-state index contributed by atoms with van der Waals surface area (Å²) in [5.74, 6) is 0.0610. The van der Waals surface area contributed by atoms with Crippen LogP contribution in [-0.4, -0.2) is 4.98 Å². The van der Waals surface area contributed by atoms with Crippen molar-refractivity contribution < 1.29 is 9.13 Å². The van der Waals surface area contributed by atoms with E-state index in [4.69, 9.17) is 10.5 Å². The number of ether oxygens (including phenoxy) is 1. The second-order valence-electron chi connectivity index (χ2n) is 3.70. The van der Waals surface area contributed by atoms with E-state index in [1.807, 2.05) is 18.2 Å². The van der Waals surface area contributed by atoms with Gasteiger partial charge in [0.15, 0.2) is 5.82 Å². The quantitative estimate of drug-likeness (QED) is 0.828. The number of anilines is 1. The molecule has 0 amide bonds. The first-order chi connectivity index (χ1) is 8.18. The minimum absolute atomic E-state index is 0.132. The summed E-state index contributed by atoms with van der Waals surface area (Å²) in [7, 11) is 0. The number of nitrogen functional groups attached to an aromatic ring is 1. The van der Waals surface area contributed by atoms with Gasteiger partial charge < -0.3 is 10.5 Å². The fraction of sp³-hybridized carbons (Fsp3) is 0.154. The lowest BCUT2D eigenvalue weighted by molar-refractivity contribution is 0.297. The summed E-state index contributed by atoms with van der Waals surface area (Å²) in [6.07, 6.45) is 1.69. The van der Waals surface area contributed by atoms with E-state index in [-0.39, 0.29) is 5.69 Å². The first-order valence-corrected chi connectivity index (χ1v) is 5.26. The van der Waals surface area contributed by atoms with Crippen LogP contribution in [0.4, 0.5) is 10.1 Å². The van der Waals surface area contributed by atoms with Crippen LogP contribution < -0.4 is 10.5 Å². The molecule has 0 aliphatic rings. The highest BCUT2D eigenvalue weighted by atomic mass is 19.1. The number of benzene rings is 1. The monoisotopic (exact) mass is 232 g/mol. The number of nitrogens with zero attached hydrogens (tertiary/aromatic N) is 1. The molecule has 3 nitrogen and oxygen atoms in total. The number of rotatable bonds is 3. The highest BCUT2D eigenvalue weighted by Gasteiger charge is 2.08. The Balaban J connectivity index is 2.13. The van der Waals surface area contributed by atoms with Gasteiger partial charge in [-0.05, 0) is 31.2 Å². The molecule has 1 aromatic carbocycles. The largest absolute Gasteiger partial charge is 0.487 e. The molecule has 0 fully saturated rings. The number of nitrogens with two attached hydrogens (primary N) is 1. The Labute approximate surface area is 99.1 Å². The molecule has 2 N–H and O–H groups in total. The topological polar surface area (TPSA) is 48.1 Å². The van der Waals surface area contributed by atoms with E-state index in [9.17, 15) is 4.39 Å². The van der Waals surface area contributed by atoms with Crippen molar-refractivity contribution in [3.05, 3.63) is 53.6 Å². The van der Waals surface area contributed by atoms with Crippen LogP contribution in [0, 0.1) is 12.7 Å². The van der Waals surface area contributed by atoms with Gasteiger partial charge >= 0.3 is 0 Å². The molecule has 1 heterocycles. The van der Waals surface area contributed by atoms with Gasteiger partial charge in [0.25, 0.3) is 0 Å². The van der Waals surface area contributed by atoms with Crippen molar-refractivity contribution in [2.45, 2.75) is 13.5 Å². The summed E-state index contributed by atoms with van der Waals surface area (Å²) in [4.78, 5) is 4.12. The predicted octanol–water partition coefficient (Wildman–Crippen LogP) is 2.69. The van der Waals surface area contributed by atoms with Crippen LogP contribution in [0.2, 0.25) is 0 Å². The molecule has 0 saturated carbocycles. The third-order valence-corrected chi connectivity index (χ3v) is 2.47. The van der Waals surface area contributed by atoms with E-state index in [0.29, 0.717) is 17.9 Å². The molecule has 4 heteroatoms. The lowest BCUT2D eigenvalue weighted by Crippen LogP contribution is -2.01. The average molecular weight is 232 g/mol. The minimum Gasteiger partial charge on any atom is -0.487 e. The number of hydrogen-bond donors (Lipinski definition) is 1. The van der Waals surface area contributed by atoms with Gasteiger partial charge in [-0.15, -0.1) is 0 Å².